The van der Waals surface area contributed by atoms with Crippen LogP contribution < -0.4 is 14.8 Å². The summed E-state index contributed by atoms with van der Waals surface area (Å²) in [5.41, 5.74) is -0.328. The Balaban J connectivity index is 1.61. The van der Waals surface area contributed by atoms with Gasteiger partial charge in [0.05, 0.1) is 0 Å². The summed E-state index contributed by atoms with van der Waals surface area (Å²) in [6.07, 6.45) is 0. The third-order valence-electron chi connectivity index (χ3n) is 3.83. The van der Waals surface area contributed by atoms with Crippen LogP contribution in [0.5, 0.6) is 11.5 Å². The molecule has 0 saturated carbocycles. The van der Waals surface area contributed by atoms with Crippen molar-refractivity contribution < 1.29 is 28.6 Å². The van der Waals surface area contributed by atoms with Crippen molar-refractivity contribution in [1.29, 1.82) is 0 Å². The molecule has 0 atom stereocenters. The van der Waals surface area contributed by atoms with Crippen LogP contribution in [0.3, 0.4) is 0 Å². The van der Waals surface area contributed by atoms with E-state index < -0.39 is 30.0 Å². The molecular formula is C16H17BrN2O6. The molecule has 1 saturated heterocycles. The van der Waals surface area contributed by atoms with Gasteiger partial charge >= 0.3 is 12.0 Å². The molecule has 0 unspecified atom stereocenters. The van der Waals surface area contributed by atoms with Crippen LogP contribution in [0.25, 0.3) is 0 Å². The molecule has 3 rings (SSSR count). The number of hydrogen-bond acceptors (Lipinski definition) is 6. The van der Waals surface area contributed by atoms with E-state index in [1.54, 1.807) is 26.0 Å². The van der Waals surface area contributed by atoms with Gasteiger partial charge < -0.3 is 19.5 Å². The summed E-state index contributed by atoms with van der Waals surface area (Å²) < 4.78 is 16.9. The van der Waals surface area contributed by atoms with Crippen LogP contribution in [0.4, 0.5) is 4.79 Å². The lowest BCUT2D eigenvalue weighted by molar-refractivity contribution is -0.148. The van der Waals surface area contributed by atoms with E-state index in [2.05, 4.69) is 21.2 Å². The highest BCUT2D eigenvalue weighted by molar-refractivity contribution is 9.10. The number of carbonyl (C=O) groups is 3. The van der Waals surface area contributed by atoms with Gasteiger partial charge in [-0.1, -0.05) is 15.9 Å². The lowest BCUT2D eigenvalue weighted by Gasteiger charge is -2.20. The third kappa shape index (κ3) is 3.55. The molecule has 2 aliphatic rings. The Hall–Kier alpha value is -2.29. The largest absolute Gasteiger partial charge is 0.486 e. The number of nitrogens with zero attached hydrogens (tertiary/aromatic N) is 1. The number of esters is 1. The molecule has 1 fully saturated rings. The second-order valence-corrected chi connectivity index (χ2v) is 7.05. The predicted octanol–water partition coefficient (Wildman–Crippen LogP) is 1.59. The zero-order valence-corrected chi connectivity index (χ0v) is 15.3. The molecule has 9 heteroatoms. The van der Waals surface area contributed by atoms with Crippen LogP contribution >= 0.6 is 15.9 Å². The molecule has 0 spiro atoms. The molecular weight excluding hydrogens is 396 g/mol. The summed E-state index contributed by atoms with van der Waals surface area (Å²) in [4.78, 5) is 36.7. The van der Waals surface area contributed by atoms with Crippen molar-refractivity contribution >= 4 is 33.8 Å². The van der Waals surface area contributed by atoms with Crippen LogP contribution in [0.1, 0.15) is 19.4 Å². The Morgan fingerprint density at radius 2 is 1.92 bits per heavy atom. The number of fused-ring (bicyclic) bond motifs is 1. The Morgan fingerprint density at radius 1 is 1.28 bits per heavy atom. The fourth-order valence-electron chi connectivity index (χ4n) is 2.51. The smallest absolute Gasteiger partial charge is 0.326 e. The van der Waals surface area contributed by atoms with Crippen molar-refractivity contribution in [3.8, 4) is 11.5 Å². The van der Waals surface area contributed by atoms with E-state index in [4.69, 9.17) is 14.2 Å². The van der Waals surface area contributed by atoms with Crippen LogP contribution in [-0.2, 0) is 20.9 Å². The SMILES string of the molecule is CC1(C)NC(=O)N(CC(=O)OCc2cc3c(cc2Br)OCCO3)C1=O. The number of halogens is 1. The molecule has 2 aliphatic heterocycles. The first kappa shape index (κ1) is 17.5. The molecule has 0 aliphatic carbocycles. The number of hydrogen-bond donors (Lipinski definition) is 1. The molecule has 1 aromatic carbocycles. The first-order chi connectivity index (χ1) is 11.8. The summed E-state index contributed by atoms with van der Waals surface area (Å²) in [7, 11) is 0. The first-order valence-corrected chi connectivity index (χ1v) is 8.45. The van der Waals surface area contributed by atoms with Gasteiger partial charge in [-0.25, -0.2) is 4.79 Å². The summed E-state index contributed by atoms with van der Waals surface area (Å²) in [6.45, 7) is 3.63. The number of rotatable bonds is 4. The topological polar surface area (TPSA) is 94.2 Å². The normalized spacial score (nSPS) is 18.1. The zero-order chi connectivity index (χ0) is 18.2. The highest BCUT2D eigenvalue weighted by atomic mass is 79.9. The van der Waals surface area contributed by atoms with Gasteiger partial charge in [-0.15, -0.1) is 0 Å². The number of ether oxygens (including phenoxy) is 3. The molecule has 2 heterocycles. The van der Waals surface area contributed by atoms with Crippen LogP contribution in [-0.4, -0.2) is 48.1 Å². The monoisotopic (exact) mass is 412 g/mol. The maximum absolute atomic E-state index is 12.1. The second kappa shape index (κ2) is 6.55. The maximum Gasteiger partial charge on any atom is 0.326 e. The van der Waals surface area contributed by atoms with E-state index in [1.165, 1.54) is 0 Å². The number of carbonyl (C=O) groups excluding carboxylic acids is 3. The van der Waals surface area contributed by atoms with Crippen molar-refractivity contribution in [3.05, 3.63) is 22.2 Å². The Kier molecular flexibility index (Phi) is 4.59. The molecule has 0 aromatic heterocycles. The Bertz CT molecular complexity index is 748. The molecule has 0 radical (unpaired) electrons. The van der Waals surface area contributed by atoms with E-state index in [0.717, 1.165) is 4.90 Å². The number of benzene rings is 1. The van der Waals surface area contributed by atoms with E-state index in [9.17, 15) is 14.4 Å². The average Bonchev–Trinajstić information content (AvgIpc) is 2.74. The summed E-state index contributed by atoms with van der Waals surface area (Å²) in [5.74, 6) is 0.0593. The van der Waals surface area contributed by atoms with Crippen LogP contribution in [0, 0.1) is 0 Å². The molecule has 1 aromatic rings. The van der Waals surface area contributed by atoms with Crippen molar-refractivity contribution in [2.24, 2.45) is 0 Å². The second-order valence-electron chi connectivity index (χ2n) is 6.19. The molecule has 8 nitrogen and oxygen atoms in total. The zero-order valence-electron chi connectivity index (χ0n) is 13.8. The van der Waals surface area contributed by atoms with E-state index in [-0.39, 0.29) is 6.61 Å². The molecule has 0 bridgehead atoms. The number of nitrogens with one attached hydrogen (secondary N) is 1. The van der Waals surface area contributed by atoms with Crippen molar-refractivity contribution in [3.63, 3.8) is 0 Å². The summed E-state index contributed by atoms with van der Waals surface area (Å²) in [5, 5.41) is 2.51. The highest BCUT2D eigenvalue weighted by Crippen LogP contribution is 2.35. The Morgan fingerprint density at radius 3 is 2.52 bits per heavy atom. The van der Waals surface area contributed by atoms with Gasteiger partial charge in [0, 0.05) is 10.0 Å². The molecule has 25 heavy (non-hydrogen) atoms. The van der Waals surface area contributed by atoms with Crippen molar-refractivity contribution in [2.45, 2.75) is 26.0 Å². The Labute approximate surface area is 152 Å². The maximum atomic E-state index is 12.1. The van der Waals surface area contributed by atoms with Crippen molar-refractivity contribution in [1.82, 2.24) is 10.2 Å². The van der Waals surface area contributed by atoms with Gasteiger partial charge in [0.1, 0.15) is 31.9 Å². The minimum Gasteiger partial charge on any atom is -0.486 e. The summed E-state index contributed by atoms with van der Waals surface area (Å²) >= 11 is 3.39. The number of imide groups is 1. The van der Waals surface area contributed by atoms with Gasteiger partial charge in [-0.2, -0.15) is 0 Å². The van der Waals surface area contributed by atoms with Crippen LogP contribution in [0.2, 0.25) is 0 Å². The highest BCUT2D eigenvalue weighted by Gasteiger charge is 2.45. The first-order valence-electron chi connectivity index (χ1n) is 7.66. The lowest BCUT2D eigenvalue weighted by Crippen LogP contribution is -2.41. The van der Waals surface area contributed by atoms with Gasteiger partial charge in [-0.05, 0) is 26.0 Å². The summed E-state index contributed by atoms with van der Waals surface area (Å²) in [6, 6.07) is 2.87. The lowest BCUT2D eigenvalue weighted by atomic mass is 10.1. The fraction of sp³-hybridized carbons (Fsp3) is 0.438. The quantitative estimate of drug-likeness (QED) is 0.595. The molecule has 3 amide bonds. The van der Waals surface area contributed by atoms with Crippen LogP contribution in [0.15, 0.2) is 16.6 Å². The van der Waals surface area contributed by atoms with Gasteiger partial charge in [0.25, 0.3) is 5.91 Å². The van der Waals surface area contributed by atoms with Crippen molar-refractivity contribution in [2.75, 3.05) is 19.8 Å². The fourth-order valence-corrected chi connectivity index (χ4v) is 2.95. The number of urea groups is 1. The minimum absolute atomic E-state index is 0.0247. The third-order valence-corrected chi connectivity index (χ3v) is 4.57. The minimum atomic E-state index is -1.02. The molecule has 1 N–H and O–H groups in total. The average molecular weight is 413 g/mol. The standard InChI is InChI=1S/C16H17BrN2O6/c1-16(2)14(21)19(15(22)18-16)7-13(20)25-8-9-5-11-12(6-10(9)17)24-4-3-23-11/h5-6H,3-4,7-8H2,1-2H3,(H,18,22). The van der Waals surface area contributed by atoms with E-state index >= 15 is 0 Å². The van der Waals surface area contributed by atoms with E-state index in [1.807, 2.05) is 0 Å². The van der Waals surface area contributed by atoms with Gasteiger partial charge in [0.15, 0.2) is 11.5 Å². The predicted molar refractivity (Wildman–Crippen MR) is 89.3 cm³/mol. The molecule has 134 valence electrons. The van der Waals surface area contributed by atoms with Gasteiger partial charge in [-0.3, -0.25) is 14.5 Å². The number of amides is 3. The van der Waals surface area contributed by atoms with E-state index in [0.29, 0.717) is 34.7 Å². The van der Waals surface area contributed by atoms with Gasteiger partial charge in [0.2, 0.25) is 0 Å².